The van der Waals surface area contributed by atoms with Gasteiger partial charge in [0.05, 0.1) is 6.10 Å². The van der Waals surface area contributed by atoms with Gasteiger partial charge in [-0.2, -0.15) is 0 Å². The van der Waals surface area contributed by atoms with Crippen molar-refractivity contribution in [1.82, 2.24) is 4.90 Å². The molecule has 0 unspecified atom stereocenters. The third-order valence-electron chi connectivity index (χ3n) is 4.86. The summed E-state index contributed by atoms with van der Waals surface area (Å²) in [5.74, 6) is -0.0642. The second-order valence-corrected chi connectivity index (χ2v) is 7.86. The van der Waals surface area contributed by atoms with Gasteiger partial charge >= 0.3 is 0 Å². The molecule has 25 heavy (non-hydrogen) atoms. The highest BCUT2D eigenvalue weighted by Crippen LogP contribution is 2.25. The lowest BCUT2D eigenvalue weighted by molar-refractivity contribution is -0.134. The standard InChI is InChI=1S/C20H30N2O3/c1-20(2,3)15-5-7-16(8-6-15)21(4)18(24)9-10-19(25)22-13-11-17(23)12-14-22/h5-8,17,23H,9-14H2,1-4H3. The molecule has 1 saturated heterocycles. The molecule has 0 bridgehead atoms. The van der Waals surface area contributed by atoms with E-state index in [4.69, 9.17) is 0 Å². The van der Waals surface area contributed by atoms with E-state index in [1.807, 2.05) is 24.3 Å². The molecule has 0 saturated carbocycles. The Labute approximate surface area is 150 Å². The fraction of sp³-hybridized carbons (Fsp3) is 0.600. The number of carbonyl (C=O) groups excluding carboxylic acids is 2. The van der Waals surface area contributed by atoms with E-state index in [1.54, 1.807) is 16.8 Å². The van der Waals surface area contributed by atoms with Crippen molar-refractivity contribution < 1.29 is 14.7 Å². The van der Waals surface area contributed by atoms with Gasteiger partial charge in [-0.15, -0.1) is 0 Å². The Kier molecular flexibility index (Phi) is 6.22. The number of carbonyl (C=O) groups is 2. The summed E-state index contributed by atoms with van der Waals surface area (Å²) in [4.78, 5) is 27.9. The predicted molar refractivity (Wildman–Crippen MR) is 99.6 cm³/mol. The summed E-state index contributed by atoms with van der Waals surface area (Å²) in [6.45, 7) is 7.63. The Bertz CT molecular complexity index is 596. The van der Waals surface area contributed by atoms with Gasteiger partial charge in [-0.3, -0.25) is 9.59 Å². The topological polar surface area (TPSA) is 60.9 Å². The summed E-state index contributed by atoms with van der Waals surface area (Å²) in [5, 5.41) is 9.50. The van der Waals surface area contributed by atoms with Crippen LogP contribution in [0.1, 0.15) is 52.0 Å². The van der Waals surface area contributed by atoms with Crippen LogP contribution in [0.4, 0.5) is 5.69 Å². The molecule has 1 aliphatic heterocycles. The summed E-state index contributed by atoms with van der Waals surface area (Å²) in [7, 11) is 1.75. The van der Waals surface area contributed by atoms with Gasteiger partial charge in [0.25, 0.3) is 0 Å². The number of aliphatic hydroxyl groups is 1. The Hall–Kier alpha value is -1.88. The molecule has 0 radical (unpaired) electrons. The zero-order chi connectivity index (χ0) is 18.6. The van der Waals surface area contributed by atoms with Crippen molar-refractivity contribution in [2.24, 2.45) is 0 Å². The van der Waals surface area contributed by atoms with Crippen molar-refractivity contribution in [3.63, 3.8) is 0 Å². The first-order chi connectivity index (χ1) is 11.7. The summed E-state index contributed by atoms with van der Waals surface area (Å²) in [5.41, 5.74) is 2.14. The molecule has 138 valence electrons. The smallest absolute Gasteiger partial charge is 0.227 e. The molecule has 1 heterocycles. The van der Waals surface area contributed by atoms with Gasteiger partial charge in [0.2, 0.25) is 11.8 Å². The normalized spacial score (nSPS) is 16.0. The van der Waals surface area contributed by atoms with Gasteiger partial charge in [0, 0.05) is 38.7 Å². The Morgan fingerprint density at radius 3 is 2.20 bits per heavy atom. The van der Waals surface area contributed by atoms with Crippen molar-refractivity contribution in [3.05, 3.63) is 29.8 Å². The second-order valence-electron chi connectivity index (χ2n) is 7.86. The molecule has 1 N–H and O–H groups in total. The number of nitrogens with zero attached hydrogens (tertiary/aromatic N) is 2. The van der Waals surface area contributed by atoms with Crippen LogP contribution in [0, 0.1) is 0 Å². The zero-order valence-electron chi connectivity index (χ0n) is 15.8. The first-order valence-corrected chi connectivity index (χ1v) is 9.01. The van der Waals surface area contributed by atoms with Crippen LogP contribution in [-0.2, 0) is 15.0 Å². The highest BCUT2D eigenvalue weighted by molar-refractivity contribution is 5.95. The fourth-order valence-electron chi connectivity index (χ4n) is 2.98. The number of piperidine rings is 1. The van der Waals surface area contributed by atoms with E-state index >= 15 is 0 Å². The minimum absolute atomic E-state index is 0.00303. The van der Waals surface area contributed by atoms with E-state index in [-0.39, 0.29) is 36.2 Å². The zero-order valence-corrected chi connectivity index (χ0v) is 15.8. The van der Waals surface area contributed by atoms with E-state index in [0.29, 0.717) is 25.9 Å². The SMILES string of the molecule is CN(C(=O)CCC(=O)N1CCC(O)CC1)c1ccc(C(C)(C)C)cc1. The number of anilines is 1. The lowest BCUT2D eigenvalue weighted by atomic mass is 9.87. The lowest BCUT2D eigenvalue weighted by Crippen LogP contribution is -2.40. The molecule has 2 amide bonds. The van der Waals surface area contributed by atoms with E-state index in [1.165, 1.54) is 5.56 Å². The Balaban J connectivity index is 1.86. The van der Waals surface area contributed by atoms with E-state index in [2.05, 4.69) is 20.8 Å². The highest BCUT2D eigenvalue weighted by Gasteiger charge is 2.22. The third kappa shape index (κ3) is 5.30. The van der Waals surface area contributed by atoms with Crippen LogP contribution >= 0.6 is 0 Å². The number of aliphatic hydroxyl groups excluding tert-OH is 1. The van der Waals surface area contributed by atoms with Crippen molar-refractivity contribution in [1.29, 1.82) is 0 Å². The molecule has 2 rings (SSSR count). The predicted octanol–water partition coefficient (Wildman–Crippen LogP) is 2.71. The molecule has 0 aliphatic carbocycles. The van der Waals surface area contributed by atoms with Gasteiger partial charge in [-0.1, -0.05) is 32.9 Å². The lowest BCUT2D eigenvalue weighted by Gasteiger charge is -2.29. The third-order valence-corrected chi connectivity index (χ3v) is 4.86. The average Bonchev–Trinajstić information content (AvgIpc) is 2.58. The van der Waals surface area contributed by atoms with Crippen molar-refractivity contribution in [2.45, 2.75) is 58.0 Å². The van der Waals surface area contributed by atoms with Crippen molar-refractivity contribution >= 4 is 17.5 Å². The summed E-state index contributed by atoms with van der Waals surface area (Å²) >= 11 is 0. The molecule has 5 heteroatoms. The van der Waals surface area contributed by atoms with Crippen LogP contribution in [-0.4, -0.2) is 48.1 Å². The molecule has 1 aromatic rings. The van der Waals surface area contributed by atoms with E-state index < -0.39 is 0 Å². The molecule has 1 aromatic carbocycles. The largest absolute Gasteiger partial charge is 0.393 e. The number of rotatable bonds is 4. The first-order valence-electron chi connectivity index (χ1n) is 9.01. The van der Waals surface area contributed by atoms with Crippen molar-refractivity contribution in [2.75, 3.05) is 25.0 Å². The van der Waals surface area contributed by atoms with Gasteiger partial charge in [-0.25, -0.2) is 0 Å². The summed E-state index contributed by atoms with van der Waals surface area (Å²) < 4.78 is 0. The first kappa shape index (κ1) is 19.4. The highest BCUT2D eigenvalue weighted by atomic mass is 16.3. The van der Waals surface area contributed by atoms with Crippen LogP contribution in [0.5, 0.6) is 0 Å². The molecular formula is C20H30N2O3. The molecule has 1 aliphatic rings. The Morgan fingerprint density at radius 1 is 1.12 bits per heavy atom. The van der Waals surface area contributed by atoms with Crippen LogP contribution in [0.2, 0.25) is 0 Å². The molecular weight excluding hydrogens is 316 g/mol. The number of likely N-dealkylation sites (tertiary alicyclic amines) is 1. The number of amides is 2. The van der Waals surface area contributed by atoms with Gasteiger partial charge in [-0.05, 0) is 36.0 Å². The van der Waals surface area contributed by atoms with Crippen LogP contribution < -0.4 is 4.90 Å². The van der Waals surface area contributed by atoms with Gasteiger partial charge in [0.15, 0.2) is 0 Å². The van der Waals surface area contributed by atoms with Crippen LogP contribution in [0.3, 0.4) is 0 Å². The Morgan fingerprint density at radius 2 is 1.68 bits per heavy atom. The molecule has 1 fully saturated rings. The maximum Gasteiger partial charge on any atom is 0.227 e. The van der Waals surface area contributed by atoms with Crippen molar-refractivity contribution in [3.8, 4) is 0 Å². The van der Waals surface area contributed by atoms with E-state index in [0.717, 1.165) is 5.69 Å². The number of hydrogen-bond donors (Lipinski definition) is 1. The minimum Gasteiger partial charge on any atom is -0.393 e. The molecule has 0 spiro atoms. The second kappa shape index (κ2) is 8.00. The monoisotopic (exact) mass is 346 g/mol. The molecule has 5 nitrogen and oxygen atoms in total. The number of benzene rings is 1. The summed E-state index contributed by atoms with van der Waals surface area (Å²) in [6, 6.07) is 7.99. The molecule has 0 aromatic heterocycles. The maximum absolute atomic E-state index is 12.4. The van der Waals surface area contributed by atoms with Crippen LogP contribution in [0.15, 0.2) is 24.3 Å². The minimum atomic E-state index is -0.298. The summed E-state index contributed by atoms with van der Waals surface area (Å²) in [6.07, 6.45) is 1.38. The number of hydrogen-bond acceptors (Lipinski definition) is 3. The maximum atomic E-state index is 12.4. The van der Waals surface area contributed by atoms with Gasteiger partial charge < -0.3 is 14.9 Å². The quantitative estimate of drug-likeness (QED) is 0.912. The molecule has 0 atom stereocenters. The van der Waals surface area contributed by atoms with Gasteiger partial charge in [0.1, 0.15) is 0 Å². The van der Waals surface area contributed by atoms with Crippen LogP contribution in [0.25, 0.3) is 0 Å². The average molecular weight is 346 g/mol. The fourth-order valence-corrected chi connectivity index (χ4v) is 2.98. The van der Waals surface area contributed by atoms with E-state index in [9.17, 15) is 14.7 Å².